The molecule has 4 aromatic rings. The van der Waals surface area contributed by atoms with Crippen LogP contribution >= 0.6 is 0 Å². The van der Waals surface area contributed by atoms with Gasteiger partial charge in [0.2, 0.25) is 0 Å². The van der Waals surface area contributed by atoms with E-state index < -0.39 is 0 Å². The van der Waals surface area contributed by atoms with Crippen LogP contribution in [0.25, 0.3) is 11.1 Å². The van der Waals surface area contributed by atoms with Crippen LogP contribution in [0.1, 0.15) is 34.1 Å². The van der Waals surface area contributed by atoms with Gasteiger partial charge in [-0.15, -0.1) is 0 Å². The first kappa shape index (κ1) is 18.3. The van der Waals surface area contributed by atoms with Crippen molar-refractivity contribution in [3.63, 3.8) is 0 Å². The van der Waals surface area contributed by atoms with Crippen molar-refractivity contribution in [2.75, 3.05) is 0 Å². The Morgan fingerprint density at radius 1 is 0.433 bits per heavy atom. The van der Waals surface area contributed by atoms with Crippen LogP contribution in [0.2, 0.25) is 0 Å². The van der Waals surface area contributed by atoms with E-state index in [9.17, 15) is 4.79 Å². The molecule has 0 aromatic heterocycles. The maximum absolute atomic E-state index is 14.0. The minimum absolute atomic E-state index is 0.0290. The average molecular weight is 386 g/mol. The van der Waals surface area contributed by atoms with E-state index >= 15 is 0 Å². The van der Waals surface area contributed by atoms with Crippen molar-refractivity contribution in [3.05, 3.63) is 144 Å². The summed E-state index contributed by atoms with van der Waals surface area (Å²) >= 11 is 0. The summed E-state index contributed by atoms with van der Waals surface area (Å²) in [4.78, 5) is 14.0. The first-order valence-corrected chi connectivity index (χ1v) is 10.3. The van der Waals surface area contributed by atoms with Gasteiger partial charge in [0.1, 0.15) is 0 Å². The highest BCUT2D eigenvalue weighted by Gasteiger charge is 2.44. The zero-order chi connectivity index (χ0) is 20.3. The number of hydrogen-bond acceptors (Lipinski definition) is 1. The Kier molecular flexibility index (Phi) is 4.86. The summed E-state index contributed by atoms with van der Waals surface area (Å²) in [5.41, 5.74) is 6.29. The average Bonchev–Trinajstić information content (AvgIpc) is 3.14. The van der Waals surface area contributed by atoms with Gasteiger partial charge in [0, 0.05) is 11.5 Å². The van der Waals surface area contributed by atoms with Crippen molar-refractivity contribution in [2.24, 2.45) is 0 Å². The molecule has 0 fully saturated rings. The summed E-state index contributed by atoms with van der Waals surface area (Å²) in [6.07, 6.45) is 0. The van der Waals surface area contributed by atoms with Crippen LogP contribution in [-0.4, -0.2) is 5.78 Å². The Hall–Kier alpha value is -3.71. The van der Waals surface area contributed by atoms with E-state index in [0.29, 0.717) is 0 Å². The number of benzene rings is 4. The highest BCUT2D eigenvalue weighted by atomic mass is 16.1. The fourth-order valence-electron chi connectivity index (χ4n) is 4.63. The molecule has 2 atom stereocenters. The summed E-state index contributed by atoms with van der Waals surface area (Å²) < 4.78 is 0. The molecule has 0 N–H and O–H groups in total. The highest BCUT2D eigenvalue weighted by molar-refractivity contribution is 6.35. The second-order valence-electron chi connectivity index (χ2n) is 7.66. The summed E-state index contributed by atoms with van der Waals surface area (Å²) in [5, 5.41) is 0. The zero-order valence-corrected chi connectivity index (χ0v) is 16.6. The second-order valence-corrected chi connectivity index (χ2v) is 7.66. The number of Topliss-reactive ketones (excluding diaryl/α,β-unsaturated/α-hetero) is 1. The van der Waals surface area contributed by atoms with E-state index in [1.807, 2.05) is 72.8 Å². The van der Waals surface area contributed by atoms with E-state index in [4.69, 9.17) is 0 Å². The zero-order valence-electron chi connectivity index (χ0n) is 16.6. The van der Waals surface area contributed by atoms with Gasteiger partial charge in [-0.05, 0) is 27.8 Å². The Labute approximate surface area is 177 Å². The minimum Gasteiger partial charge on any atom is -0.293 e. The van der Waals surface area contributed by atoms with Gasteiger partial charge in [-0.25, -0.2) is 0 Å². The Bertz CT molecular complexity index is 1180. The normalized spacial score (nSPS) is 18.6. The molecule has 0 aliphatic heterocycles. The van der Waals surface area contributed by atoms with E-state index in [1.165, 1.54) is 5.56 Å². The van der Waals surface area contributed by atoms with E-state index in [1.54, 1.807) is 0 Å². The van der Waals surface area contributed by atoms with Crippen molar-refractivity contribution < 1.29 is 4.79 Å². The molecular weight excluding hydrogens is 364 g/mol. The fraction of sp³-hybridized carbons (Fsp3) is 0.0690. The van der Waals surface area contributed by atoms with Crippen molar-refractivity contribution in [1.82, 2.24) is 0 Å². The maximum atomic E-state index is 14.0. The standard InChI is InChI=1S/C29H22O/c30-29-27(23-17-9-3-10-18-23)25(21-13-5-1-6-14-21)26(22-15-7-2-8-16-22)28(29)24-19-11-4-12-20-24/h1-20,25,27H. The van der Waals surface area contributed by atoms with Gasteiger partial charge >= 0.3 is 0 Å². The molecule has 5 rings (SSSR count). The first-order chi connectivity index (χ1) is 14.8. The van der Waals surface area contributed by atoms with Gasteiger partial charge in [-0.2, -0.15) is 0 Å². The van der Waals surface area contributed by atoms with Crippen molar-refractivity contribution in [2.45, 2.75) is 11.8 Å². The van der Waals surface area contributed by atoms with E-state index in [2.05, 4.69) is 48.5 Å². The van der Waals surface area contributed by atoms with Crippen LogP contribution in [-0.2, 0) is 4.79 Å². The van der Waals surface area contributed by atoms with Gasteiger partial charge in [0.25, 0.3) is 0 Å². The molecule has 1 aliphatic rings. The lowest BCUT2D eigenvalue weighted by atomic mass is 9.78. The number of carbonyl (C=O) groups is 1. The van der Waals surface area contributed by atoms with Crippen LogP contribution in [0.15, 0.2) is 121 Å². The lowest BCUT2D eigenvalue weighted by Gasteiger charge is -2.23. The minimum atomic E-state index is -0.237. The van der Waals surface area contributed by atoms with Crippen LogP contribution in [0.3, 0.4) is 0 Å². The van der Waals surface area contributed by atoms with E-state index in [-0.39, 0.29) is 17.6 Å². The summed E-state index contributed by atoms with van der Waals surface area (Å²) in [5.74, 6) is -0.0715. The molecule has 0 spiro atoms. The van der Waals surface area contributed by atoms with Crippen LogP contribution in [0.5, 0.6) is 0 Å². The molecule has 0 bridgehead atoms. The smallest absolute Gasteiger partial charge is 0.172 e. The molecule has 0 saturated heterocycles. The molecule has 4 aromatic carbocycles. The first-order valence-electron chi connectivity index (χ1n) is 10.3. The quantitative estimate of drug-likeness (QED) is 0.379. The van der Waals surface area contributed by atoms with Crippen LogP contribution in [0, 0.1) is 0 Å². The Balaban J connectivity index is 1.81. The molecule has 144 valence electrons. The van der Waals surface area contributed by atoms with Crippen LogP contribution in [0.4, 0.5) is 0 Å². The number of ketones is 1. The van der Waals surface area contributed by atoms with Crippen molar-refractivity contribution in [1.29, 1.82) is 0 Å². The molecule has 0 radical (unpaired) electrons. The lowest BCUT2D eigenvalue weighted by Crippen LogP contribution is -2.14. The number of carbonyl (C=O) groups excluding carboxylic acids is 1. The Morgan fingerprint density at radius 3 is 1.33 bits per heavy atom. The van der Waals surface area contributed by atoms with Gasteiger partial charge < -0.3 is 0 Å². The molecule has 2 unspecified atom stereocenters. The lowest BCUT2D eigenvalue weighted by molar-refractivity contribution is -0.114. The molecule has 0 saturated carbocycles. The second kappa shape index (κ2) is 7.96. The highest BCUT2D eigenvalue weighted by Crippen LogP contribution is 2.54. The fourth-order valence-corrected chi connectivity index (χ4v) is 4.63. The molecule has 0 amide bonds. The van der Waals surface area contributed by atoms with E-state index in [0.717, 1.165) is 27.8 Å². The van der Waals surface area contributed by atoms with Gasteiger partial charge in [-0.3, -0.25) is 4.79 Å². The summed E-state index contributed by atoms with van der Waals surface area (Å²) in [6, 6.07) is 41.1. The third-order valence-electron chi connectivity index (χ3n) is 5.91. The largest absolute Gasteiger partial charge is 0.293 e. The predicted molar refractivity (Wildman–Crippen MR) is 123 cm³/mol. The monoisotopic (exact) mass is 386 g/mol. The van der Waals surface area contributed by atoms with Gasteiger partial charge in [0.05, 0.1) is 5.92 Å². The topological polar surface area (TPSA) is 17.1 Å². The molecule has 1 nitrogen and oxygen atoms in total. The molecule has 1 aliphatic carbocycles. The molecule has 30 heavy (non-hydrogen) atoms. The third kappa shape index (κ3) is 3.19. The predicted octanol–water partition coefficient (Wildman–Crippen LogP) is 6.75. The number of rotatable bonds is 4. The molecular formula is C29H22O. The van der Waals surface area contributed by atoms with Crippen molar-refractivity contribution in [3.8, 4) is 0 Å². The van der Waals surface area contributed by atoms with Gasteiger partial charge in [0.15, 0.2) is 5.78 Å². The maximum Gasteiger partial charge on any atom is 0.172 e. The summed E-state index contributed by atoms with van der Waals surface area (Å²) in [6.45, 7) is 0. The van der Waals surface area contributed by atoms with Crippen molar-refractivity contribution >= 4 is 16.9 Å². The molecule has 1 heteroatoms. The number of hydrogen-bond donors (Lipinski definition) is 0. The number of allylic oxidation sites excluding steroid dienone is 2. The Morgan fingerprint density at radius 2 is 0.833 bits per heavy atom. The third-order valence-corrected chi connectivity index (χ3v) is 5.91. The summed E-state index contributed by atoms with van der Waals surface area (Å²) in [7, 11) is 0. The SMILES string of the molecule is O=C1C(c2ccccc2)=C(c2ccccc2)C(c2ccccc2)C1c1ccccc1. The van der Waals surface area contributed by atoms with Gasteiger partial charge in [-0.1, -0.05) is 121 Å². The molecule has 0 heterocycles. The van der Waals surface area contributed by atoms with Crippen LogP contribution < -0.4 is 0 Å².